The highest BCUT2D eigenvalue weighted by Crippen LogP contribution is 2.37. The molecular weight excluding hydrogens is 469 g/mol. The minimum atomic E-state index is -3.66. The van der Waals surface area contributed by atoms with Gasteiger partial charge in [0.05, 0.1) is 17.3 Å². The Morgan fingerprint density at radius 1 is 1.26 bits per heavy atom. The number of rotatable bonds is 12. The van der Waals surface area contributed by atoms with Crippen molar-refractivity contribution in [2.24, 2.45) is 17.6 Å². The monoisotopic (exact) mass is 505 g/mol. The first kappa shape index (κ1) is 26.9. The molecule has 1 heterocycles. The Balaban J connectivity index is 1.88. The molecule has 10 heteroatoms. The van der Waals surface area contributed by atoms with Crippen molar-refractivity contribution < 1.29 is 17.6 Å². The molecule has 3 rings (SSSR count). The van der Waals surface area contributed by atoms with E-state index in [4.69, 9.17) is 5.73 Å². The van der Waals surface area contributed by atoms with Crippen LogP contribution in [-0.2, 0) is 16.4 Å². The van der Waals surface area contributed by atoms with Gasteiger partial charge in [0.2, 0.25) is 10.0 Å². The van der Waals surface area contributed by atoms with E-state index < -0.39 is 39.9 Å². The molecule has 2 aromatic rings. The van der Waals surface area contributed by atoms with Crippen molar-refractivity contribution in [2.45, 2.75) is 50.9 Å². The molecule has 0 saturated heterocycles. The van der Waals surface area contributed by atoms with Gasteiger partial charge in [0.25, 0.3) is 5.91 Å². The van der Waals surface area contributed by atoms with Gasteiger partial charge in [-0.1, -0.05) is 37.3 Å². The summed E-state index contributed by atoms with van der Waals surface area (Å²) in [5.74, 6) is 1.21. The van der Waals surface area contributed by atoms with Crippen molar-refractivity contribution in [3.63, 3.8) is 0 Å². The van der Waals surface area contributed by atoms with Crippen LogP contribution >= 0.6 is 0 Å². The summed E-state index contributed by atoms with van der Waals surface area (Å²) in [5, 5.41) is 5.42. The maximum absolute atomic E-state index is 13.5. The van der Waals surface area contributed by atoms with Crippen molar-refractivity contribution in [2.75, 3.05) is 29.9 Å². The van der Waals surface area contributed by atoms with Crippen LogP contribution < -0.4 is 20.7 Å². The number of carbonyl (C=O) groups is 1. The van der Waals surface area contributed by atoms with Crippen LogP contribution in [0.1, 0.15) is 43.1 Å². The van der Waals surface area contributed by atoms with E-state index >= 15 is 0 Å². The molecule has 1 aromatic carbocycles. The number of hydrogen-bond acceptors (Lipinski definition) is 6. The molecule has 0 radical (unpaired) electrons. The Labute approximate surface area is 207 Å². The Bertz CT molecular complexity index is 1110. The number of benzene rings is 1. The Morgan fingerprint density at radius 2 is 1.91 bits per heavy atom. The van der Waals surface area contributed by atoms with Gasteiger partial charge in [0.1, 0.15) is 18.3 Å². The molecule has 35 heavy (non-hydrogen) atoms. The summed E-state index contributed by atoms with van der Waals surface area (Å²) in [7, 11) is -2.24. The van der Waals surface area contributed by atoms with Gasteiger partial charge in [-0.05, 0) is 56.2 Å². The van der Waals surface area contributed by atoms with Crippen molar-refractivity contribution in [1.29, 1.82) is 0 Å². The molecule has 1 aliphatic carbocycles. The van der Waals surface area contributed by atoms with Crippen LogP contribution in [0.2, 0.25) is 0 Å². The van der Waals surface area contributed by atoms with Crippen LogP contribution in [0.5, 0.6) is 0 Å². The number of aromatic nitrogens is 1. The first-order chi connectivity index (χ1) is 16.5. The predicted molar refractivity (Wildman–Crippen MR) is 138 cm³/mol. The molecule has 0 unspecified atom stereocenters. The summed E-state index contributed by atoms with van der Waals surface area (Å²) < 4.78 is 40.1. The van der Waals surface area contributed by atoms with Gasteiger partial charge in [0, 0.05) is 19.2 Å². The molecular formula is C25H36FN5O3S. The summed E-state index contributed by atoms with van der Waals surface area (Å²) in [6, 6.07) is 10.9. The van der Waals surface area contributed by atoms with Gasteiger partial charge in [-0.2, -0.15) is 0 Å². The number of nitrogens with zero attached hydrogens (tertiary/aromatic N) is 2. The van der Waals surface area contributed by atoms with Crippen LogP contribution in [0.25, 0.3) is 0 Å². The first-order valence-corrected chi connectivity index (χ1v) is 13.4. The van der Waals surface area contributed by atoms with Gasteiger partial charge >= 0.3 is 0 Å². The molecule has 8 nitrogen and oxygen atoms in total. The van der Waals surface area contributed by atoms with Gasteiger partial charge in [-0.25, -0.2) is 17.8 Å². The largest absolute Gasteiger partial charge is 0.370 e. The third-order valence-electron chi connectivity index (χ3n) is 6.51. The lowest BCUT2D eigenvalue weighted by Crippen LogP contribution is -2.50. The second kappa shape index (κ2) is 11.3. The van der Waals surface area contributed by atoms with Crippen LogP contribution in [0.3, 0.4) is 0 Å². The second-order valence-electron chi connectivity index (χ2n) is 9.60. The summed E-state index contributed by atoms with van der Waals surface area (Å²) >= 11 is 0. The number of anilines is 2. The first-order valence-electron chi connectivity index (χ1n) is 11.9. The van der Waals surface area contributed by atoms with Crippen molar-refractivity contribution in [1.82, 2.24) is 10.3 Å². The zero-order valence-electron chi connectivity index (χ0n) is 20.7. The fourth-order valence-electron chi connectivity index (χ4n) is 3.80. The minimum absolute atomic E-state index is 0.132. The van der Waals surface area contributed by atoms with Crippen LogP contribution in [-0.4, -0.2) is 56.9 Å². The zero-order chi connectivity index (χ0) is 25.8. The molecule has 1 fully saturated rings. The van der Waals surface area contributed by atoms with Crippen LogP contribution in [0, 0.1) is 11.8 Å². The molecule has 1 aliphatic rings. The van der Waals surface area contributed by atoms with E-state index in [9.17, 15) is 17.6 Å². The summed E-state index contributed by atoms with van der Waals surface area (Å²) in [4.78, 5) is 17.7. The lowest BCUT2D eigenvalue weighted by molar-refractivity contribution is 0.0928. The van der Waals surface area contributed by atoms with Crippen molar-refractivity contribution in [3.8, 4) is 0 Å². The highest BCUT2D eigenvalue weighted by molar-refractivity contribution is 7.93. The highest BCUT2D eigenvalue weighted by atomic mass is 32.2. The molecule has 0 spiro atoms. The van der Waals surface area contributed by atoms with Gasteiger partial charge < -0.3 is 16.4 Å². The maximum atomic E-state index is 13.5. The minimum Gasteiger partial charge on any atom is -0.370 e. The number of carbonyl (C=O) groups excluding carboxylic acids is 1. The molecule has 0 bridgehead atoms. The molecule has 192 valence electrons. The second-order valence-corrected chi connectivity index (χ2v) is 12.1. The van der Waals surface area contributed by atoms with E-state index in [-0.39, 0.29) is 11.4 Å². The van der Waals surface area contributed by atoms with E-state index in [0.29, 0.717) is 30.6 Å². The Kier molecular flexibility index (Phi) is 8.71. The summed E-state index contributed by atoms with van der Waals surface area (Å²) in [5.41, 5.74) is 7.12. The topological polar surface area (TPSA) is 117 Å². The van der Waals surface area contributed by atoms with E-state index in [1.807, 2.05) is 30.3 Å². The molecule has 1 saturated carbocycles. The average molecular weight is 506 g/mol. The van der Waals surface area contributed by atoms with Crippen molar-refractivity contribution in [3.05, 3.63) is 53.6 Å². The number of nitrogens with two attached hydrogens (primary N) is 1. The summed E-state index contributed by atoms with van der Waals surface area (Å²) in [6.45, 7) is 5.23. The van der Waals surface area contributed by atoms with Crippen LogP contribution in [0.15, 0.2) is 42.5 Å². The number of pyridine rings is 1. The molecule has 4 atom stereocenters. The third kappa shape index (κ3) is 6.91. The fraction of sp³-hybridized carbons (Fsp3) is 0.520. The lowest BCUT2D eigenvalue weighted by atomic mass is 10.00. The predicted octanol–water partition coefficient (Wildman–Crippen LogP) is 2.96. The molecule has 4 N–H and O–H groups in total. The number of alkyl halides is 1. The normalized spacial score (nSPS) is 19.2. The number of hydrogen-bond donors (Lipinski definition) is 3. The fourth-order valence-corrected chi connectivity index (χ4v) is 4.79. The Hall–Kier alpha value is -2.72. The highest BCUT2D eigenvalue weighted by Gasteiger charge is 2.32. The third-order valence-corrected chi connectivity index (χ3v) is 8.65. The van der Waals surface area contributed by atoms with E-state index in [2.05, 4.69) is 22.5 Å². The lowest BCUT2D eigenvalue weighted by Gasteiger charge is -2.25. The standard InChI is InChI=1S/C25H36FN5O3S/c1-16(2)35(33,34)31(4)24-13-19(12-23(30-24)28-15-20-10-17(20)3)25(32)29-22(21(27)14-26)11-18-8-6-5-7-9-18/h5-9,12-13,16-17,20-22H,10-11,14-15,27H2,1-4H3,(H,28,30)(H,29,32)/t17-,20+,21-,22+/m0/s1. The van der Waals surface area contributed by atoms with E-state index in [0.717, 1.165) is 16.3 Å². The number of amides is 1. The number of halogens is 1. The van der Waals surface area contributed by atoms with Gasteiger partial charge in [-0.15, -0.1) is 0 Å². The molecule has 1 amide bonds. The van der Waals surface area contributed by atoms with Crippen molar-refractivity contribution >= 4 is 27.6 Å². The summed E-state index contributed by atoms with van der Waals surface area (Å²) in [6.07, 6.45) is 1.48. The smallest absolute Gasteiger partial charge is 0.251 e. The average Bonchev–Trinajstić information content (AvgIpc) is 3.56. The van der Waals surface area contributed by atoms with E-state index in [1.165, 1.54) is 13.1 Å². The molecule has 1 aromatic heterocycles. The SMILES string of the molecule is CC(C)S(=O)(=O)N(C)c1cc(C(=O)N[C@H](Cc2ccccc2)[C@@H](N)CF)cc(NC[C@H]2C[C@@H]2C)n1. The maximum Gasteiger partial charge on any atom is 0.251 e. The van der Waals surface area contributed by atoms with Gasteiger partial charge in [-0.3, -0.25) is 9.10 Å². The Morgan fingerprint density at radius 3 is 2.49 bits per heavy atom. The van der Waals surface area contributed by atoms with E-state index in [1.54, 1.807) is 19.9 Å². The van der Waals surface area contributed by atoms with Crippen LogP contribution in [0.4, 0.5) is 16.0 Å². The number of sulfonamides is 1. The molecule has 0 aliphatic heterocycles. The van der Waals surface area contributed by atoms with Gasteiger partial charge in [0.15, 0.2) is 0 Å². The number of nitrogens with one attached hydrogen (secondary N) is 2. The quantitative estimate of drug-likeness (QED) is 0.408. The zero-order valence-corrected chi connectivity index (χ0v) is 21.6.